The molecule has 23 heavy (non-hydrogen) atoms. The van der Waals surface area contributed by atoms with E-state index in [1.807, 2.05) is 0 Å². The molecule has 2 N–H and O–H groups in total. The molecule has 1 amide bonds. The number of carbonyl (C=O) groups is 2. The zero-order chi connectivity index (χ0) is 16.4. The summed E-state index contributed by atoms with van der Waals surface area (Å²) in [4.78, 5) is 23.1. The van der Waals surface area contributed by atoms with Crippen molar-refractivity contribution in [3.05, 3.63) is 29.3 Å². The number of nitrogens with one attached hydrogen (secondary N) is 1. The van der Waals surface area contributed by atoms with Crippen LogP contribution in [0.1, 0.15) is 28.8 Å². The van der Waals surface area contributed by atoms with Gasteiger partial charge in [0.1, 0.15) is 5.75 Å². The molecule has 1 saturated carbocycles. The molecule has 0 radical (unpaired) electrons. The van der Waals surface area contributed by atoms with Crippen LogP contribution in [0.5, 0.6) is 5.75 Å². The topological polar surface area (TPSA) is 84.9 Å². The third-order valence-electron chi connectivity index (χ3n) is 4.87. The molecule has 1 spiro atoms. The Balaban J connectivity index is 1.52. The number of carbonyl (C=O) groups excluding carboxylic acids is 1. The van der Waals surface area contributed by atoms with Crippen molar-refractivity contribution in [2.75, 3.05) is 26.9 Å². The lowest BCUT2D eigenvalue weighted by Gasteiger charge is -2.11. The van der Waals surface area contributed by atoms with E-state index in [1.54, 1.807) is 12.1 Å². The number of carboxylic acids is 1. The van der Waals surface area contributed by atoms with Crippen molar-refractivity contribution in [3.63, 3.8) is 0 Å². The molecule has 0 bridgehead atoms. The van der Waals surface area contributed by atoms with E-state index in [4.69, 9.17) is 14.6 Å². The van der Waals surface area contributed by atoms with Crippen LogP contribution in [0.2, 0.25) is 0 Å². The maximum absolute atomic E-state index is 12.2. The maximum atomic E-state index is 12.2. The highest BCUT2D eigenvalue weighted by Crippen LogP contribution is 2.57. The first-order chi connectivity index (χ1) is 11.1. The molecule has 124 valence electrons. The summed E-state index contributed by atoms with van der Waals surface area (Å²) in [7, 11) is 1.51. The first-order valence-corrected chi connectivity index (χ1v) is 7.81. The average Bonchev–Trinajstić information content (AvgIpc) is 3.04. The van der Waals surface area contributed by atoms with E-state index in [1.165, 1.54) is 13.2 Å². The lowest BCUT2D eigenvalue weighted by Crippen LogP contribution is -2.29. The summed E-state index contributed by atoms with van der Waals surface area (Å²) in [5.41, 5.74) is 1.17. The van der Waals surface area contributed by atoms with Crippen LogP contribution in [0.4, 0.5) is 0 Å². The molecular formula is C17H21NO5. The molecule has 6 nitrogen and oxygen atoms in total. The minimum absolute atomic E-state index is 0.0845. The summed E-state index contributed by atoms with van der Waals surface area (Å²) in [6.45, 7) is 1.97. The number of aromatic carboxylic acids is 1. The molecule has 1 aliphatic carbocycles. The predicted molar refractivity (Wildman–Crippen MR) is 82.6 cm³/mol. The lowest BCUT2D eigenvalue weighted by atomic mass is 10.0. The van der Waals surface area contributed by atoms with Gasteiger partial charge in [-0.1, -0.05) is 6.07 Å². The van der Waals surface area contributed by atoms with Gasteiger partial charge in [0.15, 0.2) is 0 Å². The summed E-state index contributed by atoms with van der Waals surface area (Å²) in [6.07, 6.45) is 2.51. The van der Waals surface area contributed by atoms with Gasteiger partial charge >= 0.3 is 5.97 Å². The Morgan fingerprint density at radius 1 is 1.48 bits per heavy atom. The van der Waals surface area contributed by atoms with Crippen molar-refractivity contribution >= 4 is 11.9 Å². The van der Waals surface area contributed by atoms with Gasteiger partial charge in [0.25, 0.3) is 0 Å². The van der Waals surface area contributed by atoms with Crippen LogP contribution in [0.3, 0.4) is 0 Å². The monoisotopic (exact) mass is 319 g/mol. The van der Waals surface area contributed by atoms with E-state index in [-0.39, 0.29) is 22.8 Å². The van der Waals surface area contributed by atoms with Gasteiger partial charge < -0.3 is 19.9 Å². The summed E-state index contributed by atoms with van der Waals surface area (Å²) < 4.78 is 10.6. The first-order valence-electron chi connectivity index (χ1n) is 7.81. The summed E-state index contributed by atoms with van der Waals surface area (Å²) in [5, 5.41) is 12.0. The van der Waals surface area contributed by atoms with Crippen molar-refractivity contribution in [2.45, 2.75) is 19.3 Å². The molecular weight excluding hydrogens is 298 g/mol. The summed E-state index contributed by atoms with van der Waals surface area (Å²) in [5.74, 6) is -0.273. The van der Waals surface area contributed by atoms with E-state index >= 15 is 0 Å². The first kappa shape index (κ1) is 15.8. The van der Waals surface area contributed by atoms with E-state index < -0.39 is 5.97 Å². The summed E-state index contributed by atoms with van der Waals surface area (Å²) >= 11 is 0. The van der Waals surface area contributed by atoms with Crippen molar-refractivity contribution in [3.8, 4) is 5.75 Å². The Kier molecular flexibility index (Phi) is 4.26. The number of amides is 1. The Hall–Kier alpha value is -2.08. The Morgan fingerprint density at radius 2 is 2.30 bits per heavy atom. The predicted octanol–water partition coefficient (Wildman–Crippen LogP) is 1.48. The molecule has 1 aromatic rings. The molecule has 6 heteroatoms. The van der Waals surface area contributed by atoms with Crippen LogP contribution >= 0.6 is 0 Å². The van der Waals surface area contributed by atoms with Gasteiger partial charge in [0.2, 0.25) is 5.91 Å². The van der Waals surface area contributed by atoms with Crippen LogP contribution in [0.15, 0.2) is 18.2 Å². The number of hydrogen-bond acceptors (Lipinski definition) is 4. The fourth-order valence-electron chi connectivity index (χ4n) is 3.30. The van der Waals surface area contributed by atoms with Crippen LogP contribution in [-0.4, -0.2) is 43.9 Å². The van der Waals surface area contributed by atoms with Gasteiger partial charge in [-0.2, -0.15) is 0 Å². The Morgan fingerprint density at radius 3 is 2.96 bits per heavy atom. The van der Waals surface area contributed by atoms with Crippen molar-refractivity contribution < 1.29 is 24.2 Å². The fraction of sp³-hybridized carbons (Fsp3) is 0.529. The number of carboxylic acid groups (broad SMARTS) is 1. The van der Waals surface area contributed by atoms with Gasteiger partial charge in [-0.3, -0.25) is 4.79 Å². The average molecular weight is 319 g/mol. The highest BCUT2D eigenvalue weighted by atomic mass is 16.5. The second-order valence-electron chi connectivity index (χ2n) is 6.29. The number of ether oxygens (including phenoxy) is 2. The molecule has 2 aliphatic rings. The third-order valence-corrected chi connectivity index (χ3v) is 4.87. The Bertz CT molecular complexity index is 621. The van der Waals surface area contributed by atoms with Crippen molar-refractivity contribution in [1.82, 2.24) is 5.32 Å². The number of rotatable bonds is 6. The van der Waals surface area contributed by atoms with Gasteiger partial charge in [-0.05, 0) is 37.0 Å². The van der Waals surface area contributed by atoms with Crippen LogP contribution in [0, 0.1) is 11.3 Å². The zero-order valence-electron chi connectivity index (χ0n) is 13.1. The molecule has 1 aromatic carbocycles. The molecule has 1 saturated heterocycles. The minimum Gasteiger partial charge on any atom is -0.496 e. The second-order valence-corrected chi connectivity index (χ2v) is 6.29. The highest BCUT2D eigenvalue weighted by molar-refractivity contribution is 5.88. The quantitative estimate of drug-likeness (QED) is 0.829. The number of hydrogen-bond donors (Lipinski definition) is 2. The number of benzene rings is 1. The standard InChI is InChI=1S/C17H21NO5/c1-22-14-8-12(16(20)21)3-2-11(14)4-6-18-15(19)13-9-17(13)5-7-23-10-17/h2-3,8,13H,4-7,9-10H2,1H3,(H,18,19)(H,20,21). The van der Waals surface area contributed by atoms with Crippen LogP contribution in [-0.2, 0) is 16.0 Å². The normalized spacial score (nSPS) is 25.3. The van der Waals surface area contributed by atoms with E-state index in [0.717, 1.165) is 25.0 Å². The zero-order valence-corrected chi connectivity index (χ0v) is 13.1. The molecule has 3 rings (SSSR count). The van der Waals surface area contributed by atoms with E-state index in [9.17, 15) is 9.59 Å². The Labute approximate surface area is 134 Å². The van der Waals surface area contributed by atoms with Crippen molar-refractivity contribution in [1.29, 1.82) is 0 Å². The van der Waals surface area contributed by atoms with E-state index in [2.05, 4.69) is 5.32 Å². The SMILES string of the molecule is COc1cc(C(=O)O)ccc1CCNC(=O)C1CC12CCOC2. The van der Waals surface area contributed by atoms with Gasteiger partial charge in [0, 0.05) is 24.5 Å². The smallest absolute Gasteiger partial charge is 0.335 e. The fourth-order valence-corrected chi connectivity index (χ4v) is 3.30. The maximum Gasteiger partial charge on any atom is 0.335 e. The molecule has 1 aliphatic heterocycles. The van der Waals surface area contributed by atoms with Gasteiger partial charge in [-0.25, -0.2) is 4.79 Å². The van der Waals surface area contributed by atoms with Crippen LogP contribution < -0.4 is 10.1 Å². The van der Waals surface area contributed by atoms with Gasteiger partial charge in [-0.15, -0.1) is 0 Å². The highest BCUT2D eigenvalue weighted by Gasteiger charge is 2.59. The second kappa shape index (κ2) is 6.20. The summed E-state index contributed by atoms with van der Waals surface area (Å²) in [6, 6.07) is 4.79. The molecule has 1 heterocycles. The van der Waals surface area contributed by atoms with Crippen LogP contribution in [0.25, 0.3) is 0 Å². The minimum atomic E-state index is -0.985. The third kappa shape index (κ3) is 3.17. The lowest BCUT2D eigenvalue weighted by molar-refractivity contribution is -0.123. The number of methoxy groups -OCH3 is 1. The molecule has 2 atom stereocenters. The van der Waals surface area contributed by atoms with E-state index in [0.29, 0.717) is 25.3 Å². The molecule has 0 aromatic heterocycles. The van der Waals surface area contributed by atoms with Gasteiger partial charge in [0.05, 0.1) is 19.3 Å². The largest absolute Gasteiger partial charge is 0.496 e. The van der Waals surface area contributed by atoms with Crippen molar-refractivity contribution in [2.24, 2.45) is 11.3 Å². The molecule has 2 unspecified atom stereocenters. The molecule has 2 fully saturated rings.